The lowest BCUT2D eigenvalue weighted by molar-refractivity contribution is 0.102. The van der Waals surface area contributed by atoms with Gasteiger partial charge in [0.15, 0.2) is 5.78 Å². The van der Waals surface area contributed by atoms with Crippen molar-refractivity contribution in [2.45, 2.75) is 32.0 Å². The second-order valence-corrected chi connectivity index (χ2v) is 8.78. The van der Waals surface area contributed by atoms with Crippen LogP contribution >= 0.6 is 11.8 Å². The molecule has 34 heavy (non-hydrogen) atoms. The minimum absolute atomic E-state index is 0.0341. The van der Waals surface area contributed by atoms with Crippen LogP contribution in [0.4, 0.5) is 0 Å². The first kappa shape index (κ1) is 23.6. The Labute approximate surface area is 203 Å². The number of benzene rings is 2. The molecule has 2 aromatic carbocycles. The van der Waals surface area contributed by atoms with Gasteiger partial charge in [-0.2, -0.15) is 0 Å². The number of carbonyl (C=O) groups excluding carboxylic acids is 1. The molecule has 4 rings (SSSR count). The molecule has 0 aliphatic carbocycles. The van der Waals surface area contributed by atoms with E-state index in [1.54, 1.807) is 32.4 Å². The Hall–Kier alpha value is -3.52. The number of nitrogens with zero attached hydrogens (tertiary/aromatic N) is 3. The van der Waals surface area contributed by atoms with Crippen molar-refractivity contribution in [3.8, 4) is 23.0 Å². The van der Waals surface area contributed by atoms with Gasteiger partial charge in [-0.25, -0.2) is 0 Å². The van der Waals surface area contributed by atoms with E-state index in [9.17, 15) is 4.79 Å². The minimum atomic E-state index is 0.0341. The molecule has 2 heterocycles. The number of carbonyl (C=O) groups is 1. The van der Waals surface area contributed by atoms with Gasteiger partial charge in [0.2, 0.25) is 5.89 Å². The lowest BCUT2D eigenvalue weighted by Gasteiger charge is -2.10. The number of thioether (sulfide) groups is 1. The van der Waals surface area contributed by atoms with Crippen molar-refractivity contribution in [1.82, 2.24) is 14.8 Å². The molecular weight excluding hydrogens is 450 g/mol. The van der Waals surface area contributed by atoms with Crippen LogP contribution in [0.2, 0.25) is 0 Å². The van der Waals surface area contributed by atoms with Gasteiger partial charge >= 0.3 is 0 Å². The Morgan fingerprint density at radius 1 is 1.00 bits per heavy atom. The topological polar surface area (TPSA) is 79.4 Å². The monoisotopic (exact) mass is 477 g/mol. The normalized spacial score (nSPS) is 10.9. The molecule has 2 aromatic heterocycles. The zero-order chi connectivity index (χ0) is 24.1. The van der Waals surface area contributed by atoms with E-state index in [-0.39, 0.29) is 11.5 Å². The smallest absolute Gasteiger partial charge is 0.277 e. The van der Waals surface area contributed by atoms with Crippen molar-refractivity contribution in [2.24, 2.45) is 0 Å². The number of aryl methyl sites for hydroxylation is 2. The predicted molar refractivity (Wildman–Crippen MR) is 132 cm³/mol. The van der Waals surface area contributed by atoms with Crippen molar-refractivity contribution < 1.29 is 18.7 Å². The van der Waals surface area contributed by atoms with Gasteiger partial charge in [0.1, 0.15) is 11.5 Å². The van der Waals surface area contributed by atoms with E-state index >= 15 is 0 Å². The third kappa shape index (κ3) is 5.34. The Morgan fingerprint density at radius 2 is 1.71 bits per heavy atom. The Morgan fingerprint density at radius 3 is 2.38 bits per heavy atom. The van der Waals surface area contributed by atoms with Crippen molar-refractivity contribution in [1.29, 1.82) is 0 Å². The molecule has 0 saturated carbocycles. The van der Waals surface area contributed by atoms with Crippen LogP contribution in [0.25, 0.3) is 11.5 Å². The van der Waals surface area contributed by atoms with Crippen molar-refractivity contribution in [3.05, 3.63) is 77.1 Å². The zero-order valence-corrected chi connectivity index (χ0v) is 20.5. The van der Waals surface area contributed by atoms with Gasteiger partial charge in [-0.1, -0.05) is 42.1 Å². The van der Waals surface area contributed by atoms with Crippen LogP contribution in [0.1, 0.15) is 27.3 Å². The molecule has 0 saturated heterocycles. The lowest BCUT2D eigenvalue weighted by atomic mass is 10.1. The summed E-state index contributed by atoms with van der Waals surface area (Å²) in [5.41, 5.74) is 4.75. The third-order valence-corrected chi connectivity index (χ3v) is 6.49. The molecule has 0 radical (unpaired) electrons. The van der Waals surface area contributed by atoms with Crippen molar-refractivity contribution in [3.63, 3.8) is 0 Å². The predicted octanol–water partition coefficient (Wildman–Crippen LogP) is 5.39. The number of ketones is 1. The van der Waals surface area contributed by atoms with Crippen LogP contribution in [0.3, 0.4) is 0 Å². The number of ether oxygens (including phenoxy) is 2. The van der Waals surface area contributed by atoms with Crippen LogP contribution in [0.5, 0.6) is 11.5 Å². The second-order valence-electron chi connectivity index (χ2n) is 7.86. The molecule has 0 aliphatic heterocycles. The summed E-state index contributed by atoms with van der Waals surface area (Å²) >= 11 is 1.23. The number of methoxy groups -OCH3 is 2. The maximum Gasteiger partial charge on any atom is 0.277 e. The van der Waals surface area contributed by atoms with Crippen molar-refractivity contribution >= 4 is 17.5 Å². The standard InChI is InChI=1S/C26H27N3O4S/c1-17-12-23(18(2)29(17)11-10-19-8-6-5-7-9-19)24(30)16-34-26-28-27-25(33-26)20-13-21(31-3)15-22(14-20)32-4/h5-9,12-15H,10-11,16H2,1-4H3. The summed E-state index contributed by atoms with van der Waals surface area (Å²) in [4.78, 5) is 13.0. The first-order valence-electron chi connectivity index (χ1n) is 10.9. The number of rotatable bonds is 10. The van der Waals surface area contributed by atoms with Crippen LogP contribution in [-0.2, 0) is 13.0 Å². The van der Waals surface area contributed by atoms with E-state index in [2.05, 4.69) is 26.9 Å². The highest BCUT2D eigenvalue weighted by molar-refractivity contribution is 7.99. The van der Waals surface area contributed by atoms with Gasteiger partial charge in [0.25, 0.3) is 5.22 Å². The van der Waals surface area contributed by atoms with E-state index in [4.69, 9.17) is 13.9 Å². The fraction of sp³-hybridized carbons (Fsp3) is 0.269. The molecule has 0 N–H and O–H groups in total. The Kier molecular flexibility index (Phi) is 7.37. The van der Waals surface area contributed by atoms with Crippen LogP contribution in [0.15, 0.2) is 64.2 Å². The molecule has 8 heteroatoms. The summed E-state index contributed by atoms with van der Waals surface area (Å²) in [7, 11) is 3.16. The van der Waals surface area contributed by atoms with Gasteiger partial charge in [-0.15, -0.1) is 10.2 Å². The van der Waals surface area contributed by atoms with E-state index in [0.717, 1.165) is 29.9 Å². The summed E-state index contributed by atoms with van der Waals surface area (Å²) in [6, 6.07) is 17.7. The van der Waals surface area contributed by atoms with Gasteiger partial charge < -0.3 is 18.5 Å². The fourth-order valence-corrected chi connectivity index (χ4v) is 4.48. The van der Waals surface area contributed by atoms with Gasteiger partial charge in [0.05, 0.1) is 20.0 Å². The average molecular weight is 478 g/mol. The molecule has 0 fully saturated rings. The quantitative estimate of drug-likeness (QED) is 0.224. The molecular formula is C26H27N3O4S. The molecule has 4 aromatic rings. The molecule has 0 atom stereocenters. The van der Waals surface area contributed by atoms with Crippen LogP contribution in [-0.4, -0.2) is 40.5 Å². The number of hydrogen-bond donors (Lipinski definition) is 0. The highest BCUT2D eigenvalue weighted by Crippen LogP contribution is 2.31. The summed E-state index contributed by atoms with van der Waals surface area (Å²) in [6.45, 7) is 4.87. The number of Topliss-reactive ketones (excluding diaryl/α,β-unsaturated/α-hetero) is 1. The fourth-order valence-electron chi connectivity index (χ4n) is 3.83. The first-order valence-corrected chi connectivity index (χ1v) is 11.9. The molecule has 0 bridgehead atoms. The maximum atomic E-state index is 13.0. The highest BCUT2D eigenvalue weighted by Gasteiger charge is 2.18. The van der Waals surface area contributed by atoms with E-state index in [1.807, 2.05) is 38.1 Å². The average Bonchev–Trinajstić information content (AvgIpc) is 3.45. The third-order valence-electron chi connectivity index (χ3n) is 5.67. The summed E-state index contributed by atoms with van der Waals surface area (Å²) in [5, 5.41) is 8.53. The molecule has 176 valence electrons. The molecule has 0 spiro atoms. The van der Waals surface area contributed by atoms with Gasteiger partial charge in [-0.3, -0.25) is 4.79 Å². The van der Waals surface area contributed by atoms with E-state index < -0.39 is 0 Å². The largest absolute Gasteiger partial charge is 0.497 e. The number of hydrogen-bond acceptors (Lipinski definition) is 7. The SMILES string of the molecule is COc1cc(OC)cc(-c2nnc(SCC(=O)c3cc(C)n(CCc4ccccc4)c3C)o2)c1. The molecule has 0 unspecified atom stereocenters. The first-order chi connectivity index (χ1) is 16.5. The summed E-state index contributed by atoms with van der Waals surface area (Å²) in [5.74, 6) is 1.84. The minimum Gasteiger partial charge on any atom is -0.497 e. The van der Waals surface area contributed by atoms with Gasteiger partial charge in [0, 0.05) is 35.1 Å². The van der Waals surface area contributed by atoms with Crippen LogP contribution in [0, 0.1) is 13.8 Å². The summed E-state index contributed by atoms with van der Waals surface area (Å²) < 4.78 is 18.6. The van der Waals surface area contributed by atoms with Gasteiger partial charge in [-0.05, 0) is 44.0 Å². The highest BCUT2D eigenvalue weighted by atomic mass is 32.2. The Bertz CT molecular complexity index is 1260. The molecule has 0 amide bonds. The zero-order valence-electron chi connectivity index (χ0n) is 19.7. The van der Waals surface area contributed by atoms with E-state index in [1.165, 1.54) is 17.3 Å². The second kappa shape index (κ2) is 10.6. The Balaban J connectivity index is 1.41. The summed E-state index contributed by atoms with van der Waals surface area (Å²) in [6.07, 6.45) is 0.916. The van der Waals surface area contributed by atoms with E-state index in [0.29, 0.717) is 28.2 Å². The van der Waals surface area contributed by atoms with Crippen LogP contribution < -0.4 is 9.47 Å². The molecule has 7 nitrogen and oxygen atoms in total. The lowest BCUT2D eigenvalue weighted by Crippen LogP contribution is -2.08. The maximum absolute atomic E-state index is 13.0. The van der Waals surface area contributed by atoms with Crippen molar-refractivity contribution in [2.75, 3.05) is 20.0 Å². The number of aromatic nitrogens is 3. The molecule has 0 aliphatic rings.